The van der Waals surface area contributed by atoms with E-state index in [0.29, 0.717) is 0 Å². The second-order valence-electron chi connectivity index (χ2n) is 4.68. The molecule has 0 bridgehead atoms. The van der Waals surface area contributed by atoms with Crippen LogP contribution in [-0.2, 0) is 0 Å². The van der Waals surface area contributed by atoms with Crippen LogP contribution in [0.3, 0.4) is 0 Å². The maximum Gasteiger partial charge on any atom is 0.0713 e. The van der Waals surface area contributed by atoms with E-state index in [2.05, 4.69) is 42.5 Å². The van der Waals surface area contributed by atoms with Crippen LogP contribution in [0.1, 0.15) is 33.9 Å². The van der Waals surface area contributed by atoms with Crippen LogP contribution in [-0.4, -0.2) is 4.98 Å². The predicted octanol–water partition coefficient (Wildman–Crippen LogP) is 2.56. The van der Waals surface area contributed by atoms with Gasteiger partial charge < -0.3 is 0 Å². The van der Waals surface area contributed by atoms with Crippen molar-refractivity contribution in [1.82, 2.24) is 10.4 Å². The maximum absolute atomic E-state index is 5.72. The van der Waals surface area contributed by atoms with Gasteiger partial charge in [0.05, 0.1) is 6.04 Å². The van der Waals surface area contributed by atoms with Gasteiger partial charge in [-0.15, -0.1) is 0 Å². The average molecular weight is 241 g/mol. The summed E-state index contributed by atoms with van der Waals surface area (Å²) in [5.74, 6) is 5.72. The fourth-order valence-electron chi connectivity index (χ4n) is 2.12. The van der Waals surface area contributed by atoms with E-state index in [1.54, 1.807) is 6.20 Å². The van der Waals surface area contributed by atoms with Gasteiger partial charge in [0, 0.05) is 12.4 Å². The van der Waals surface area contributed by atoms with E-state index < -0.39 is 0 Å². The lowest BCUT2D eigenvalue weighted by molar-refractivity contribution is 0.632. The largest absolute Gasteiger partial charge is 0.271 e. The van der Waals surface area contributed by atoms with E-state index >= 15 is 0 Å². The molecule has 0 spiro atoms. The summed E-state index contributed by atoms with van der Waals surface area (Å²) < 4.78 is 0. The Labute approximate surface area is 108 Å². The molecule has 0 radical (unpaired) electrons. The minimum atomic E-state index is 0.00676. The van der Waals surface area contributed by atoms with Gasteiger partial charge in [0.25, 0.3) is 0 Å². The quantitative estimate of drug-likeness (QED) is 0.641. The smallest absolute Gasteiger partial charge is 0.0713 e. The Hall–Kier alpha value is -1.71. The van der Waals surface area contributed by atoms with Crippen molar-refractivity contribution < 1.29 is 0 Å². The Morgan fingerprint density at radius 3 is 2.44 bits per heavy atom. The number of benzene rings is 1. The predicted molar refractivity (Wildman–Crippen MR) is 74.1 cm³/mol. The van der Waals surface area contributed by atoms with Gasteiger partial charge in [-0.2, -0.15) is 0 Å². The van der Waals surface area contributed by atoms with Crippen LogP contribution in [0.5, 0.6) is 0 Å². The Balaban J connectivity index is 2.45. The van der Waals surface area contributed by atoms with Crippen molar-refractivity contribution in [3.63, 3.8) is 0 Å². The second kappa shape index (κ2) is 5.29. The number of nitrogens with two attached hydrogens (primary N) is 1. The summed E-state index contributed by atoms with van der Waals surface area (Å²) in [6.45, 7) is 6.28. The first-order valence-corrected chi connectivity index (χ1v) is 6.07. The molecule has 0 aliphatic carbocycles. The van der Waals surface area contributed by atoms with Gasteiger partial charge in [0.1, 0.15) is 0 Å². The molecule has 1 atom stereocenters. The van der Waals surface area contributed by atoms with Gasteiger partial charge in [0.15, 0.2) is 0 Å². The standard InChI is InChI=1S/C15H19N3/c1-10-4-5-13(8-11(10)2)15(18-16)14-6-7-17-9-12(14)3/h4-9,15,18H,16H2,1-3H3. The van der Waals surface area contributed by atoms with Gasteiger partial charge in [-0.25, -0.2) is 5.43 Å². The van der Waals surface area contributed by atoms with Gasteiger partial charge >= 0.3 is 0 Å². The van der Waals surface area contributed by atoms with Crippen LogP contribution < -0.4 is 11.3 Å². The van der Waals surface area contributed by atoms with Crippen molar-refractivity contribution in [1.29, 1.82) is 0 Å². The number of nitrogens with zero attached hydrogens (tertiary/aromatic N) is 1. The lowest BCUT2D eigenvalue weighted by Gasteiger charge is -2.19. The summed E-state index contributed by atoms with van der Waals surface area (Å²) in [5.41, 5.74) is 8.94. The highest BCUT2D eigenvalue weighted by Gasteiger charge is 2.14. The molecule has 94 valence electrons. The molecule has 1 heterocycles. The fraction of sp³-hybridized carbons (Fsp3) is 0.267. The van der Waals surface area contributed by atoms with E-state index in [4.69, 9.17) is 5.84 Å². The second-order valence-corrected chi connectivity index (χ2v) is 4.68. The summed E-state index contributed by atoms with van der Waals surface area (Å²) in [5, 5.41) is 0. The molecular formula is C15H19N3. The van der Waals surface area contributed by atoms with Gasteiger partial charge in [-0.1, -0.05) is 18.2 Å². The third kappa shape index (κ3) is 2.42. The van der Waals surface area contributed by atoms with E-state index in [-0.39, 0.29) is 6.04 Å². The molecule has 0 saturated carbocycles. The highest BCUT2D eigenvalue weighted by Crippen LogP contribution is 2.25. The number of hydrazine groups is 1. The molecule has 0 amide bonds. The summed E-state index contributed by atoms with van der Waals surface area (Å²) in [6.07, 6.45) is 3.66. The van der Waals surface area contributed by atoms with Crippen LogP contribution in [0.4, 0.5) is 0 Å². The van der Waals surface area contributed by atoms with Crippen molar-refractivity contribution in [3.05, 3.63) is 64.5 Å². The van der Waals surface area contributed by atoms with Crippen LogP contribution in [0.25, 0.3) is 0 Å². The zero-order chi connectivity index (χ0) is 13.1. The molecule has 1 unspecified atom stereocenters. The number of nitrogens with one attached hydrogen (secondary N) is 1. The zero-order valence-electron chi connectivity index (χ0n) is 11.1. The van der Waals surface area contributed by atoms with Crippen molar-refractivity contribution in [2.45, 2.75) is 26.8 Å². The number of pyridine rings is 1. The van der Waals surface area contributed by atoms with E-state index in [0.717, 1.165) is 11.1 Å². The minimum Gasteiger partial charge on any atom is -0.271 e. The lowest BCUT2D eigenvalue weighted by atomic mass is 9.94. The normalized spacial score (nSPS) is 12.4. The molecule has 2 rings (SSSR count). The van der Waals surface area contributed by atoms with E-state index in [1.165, 1.54) is 16.7 Å². The summed E-state index contributed by atoms with van der Waals surface area (Å²) >= 11 is 0. The van der Waals surface area contributed by atoms with Gasteiger partial charge in [-0.05, 0) is 54.7 Å². The lowest BCUT2D eigenvalue weighted by Crippen LogP contribution is -2.29. The first kappa shape index (κ1) is 12.7. The van der Waals surface area contributed by atoms with Crippen molar-refractivity contribution in [3.8, 4) is 0 Å². The number of hydrogen-bond acceptors (Lipinski definition) is 3. The molecule has 0 aliphatic heterocycles. The highest BCUT2D eigenvalue weighted by atomic mass is 15.2. The van der Waals surface area contributed by atoms with Crippen LogP contribution in [0, 0.1) is 20.8 Å². The number of aryl methyl sites for hydroxylation is 3. The molecule has 0 aliphatic rings. The fourth-order valence-corrected chi connectivity index (χ4v) is 2.12. The molecule has 0 fully saturated rings. The summed E-state index contributed by atoms with van der Waals surface area (Å²) in [6, 6.07) is 8.44. The summed E-state index contributed by atoms with van der Waals surface area (Å²) in [4.78, 5) is 4.12. The van der Waals surface area contributed by atoms with Crippen LogP contribution in [0.2, 0.25) is 0 Å². The molecular weight excluding hydrogens is 222 g/mol. The molecule has 3 heteroatoms. The first-order chi connectivity index (χ1) is 8.63. The Kier molecular flexibility index (Phi) is 3.75. The van der Waals surface area contributed by atoms with Crippen molar-refractivity contribution >= 4 is 0 Å². The van der Waals surface area contributed by atoms with E-state index in [1.807, 2.05) is 19.2 Å². The molecule has 1 aromatic heterocycles. The molecule has 18 heavy (non-hydrogen) atoms. The monoisotopic (exact) mass is 241 g/mol. The van der Waals surface area contributed by atoms with Crippen LogP contribution in [0.15, 0.2) is 36.7 Å². The number of hydrogen-bond donors (Lipinski definition) is 2. The number of aromatic nitrogens is 1. The highest BCUT2D eigenvalue weighted by molar-refractivity contribution is 5.38. The average Bonchev–Trinajstić information content (AvgIpc) is 2.37. The first-order valence-electron chi connectivity index (χ1n) is 6.07. The molecule has 3 N–H and O–H groups in total. The minimum absolute atomic E-state index is 0.00676. The molecule has 0 saturated heterocycles. The van der Waals surface area contributed by atoms with Gasteiger partial charge in [-0.3, -0.25) is 10.8 Å². The molecule has 1 aromatic carbocycles. The number of rotatable bonds is 3. The van der Waals surface area contributed by atoms with Crippen molar-refractivity contribution in [2.75, 3.05) is 0 Å². The molecule has 2 aromatic rings. The topological polar surface area (TPSA) is 50.9 Å². The Morgan fingerprint density at radius 2 is 1.83 bits per heavy atom. The molecule has 3 nitrogen and oxygen atoms in total. The SMILES string of the molecule is Cc1ccc(C(NN)c2ccncc2C)cc1C. The third-order valence-electron chi connectivity index (χ3n) is 3.41. The van der Waals surface area contributed by atoms with Crippen LogP contribution >= 0.6 is 0 Å². The maximum atomic E-state index is 5.72. The Bertz CT molecular complexity index is 549. The van der Waals surface area contributed by atoms with Gasteiger partial charge in [0.2, 0.25) is 0 Å². The Morgan fingerprint density at radius 1 is 1.06 bits per heavy atom. The zero-order valence-corrected chi connectivity index (χ0v) is 11.1. The van der Waals surface area contributed by atoms with E-state index in [9.17, 15) is 0 Å². The third-order valence-corrected chi connectivity index (χ3v) is 3.41. The summed E-state index contributed by atoms with van der Waals surface area (Å²) in [7, 11) is 0. The van der Waals surface area contributed by atoms with Crippen molar-refractivity contribution in [2.24, 2.45) is 5.84 Å².